The fourth-order valence-corrected chi connectivity index (χ4v) is 2.34. The molecule has 2 aliphatic carbocycles. The Labute approximate surface area is 85.9 Å². The SMILES string of the molecule is CC1CCC(=C2C=CC(=O)CC2)CC1. The van der Waals surface area contributed by atoms with Gasteiger partial charge in [0.05, 0.1) is 0 Å². The minimum Gasteiger partial charge on any atom is -0.295 e. The van der Waals surface area contributed by atoms with E-state index in [0.29, 0.717) is 5.78 Å². The molecule has 0 radical (unpaired) electrons. The Morgan fingerprint density at radius 1 is 1.07 bits per heavy atom. The van der Waals surface area contributed by atoms with Gasteiger partial charge in [0.15, 0.2) is 5.78 Å². The van der Waals surface area contributed by atoms with E-state index in [9.17, 15) is 4.79 Å². The molecule has 0 aromatic carbocycles. The quantitative estimate of drug-likeness (QED) is 0.572. The van der Waals surface area contributed by atoms with Gasteiger partial charge in [-0.25, -0.2) is 0 Å². The van der Waals surface area contributed by atoms with Crippen molar-refractivity contribution in [3.8, 4) is 0 Å². The highest BCUT2D eigenvalue weighted by atomic mass is 16.1. The van der Waals surface area contributed by atoms with Crippen LogP contribution in [0.4, 0.5) is 0 Å². The molecule has 0 amide bonds. The number of rotatable bonds is 0. The predicted molar refractivity (Wildman–Crippen MR) is 58.0 cm³/mol. The first kappa shape index (κ1) is 9.70. The van der Waals surface area contributed by atoms with Gasteiger partial charge >= 0.3 is 0 Å². The number of hydrogen-bond donors (Lipinski definition) is 0. The molecule has 0 aromatic rings. The summed E-state index contributed by atoms with van der Waals surface area (Å²) in [6.45, 7) is 2.34. The zero-order valence-corrected chi connectivity index (χ0v) is 8.88. The summed E-state index contributed by atoms with van der Waals surface area (Å²) in [6, 6.07) is 0. The number of carbonyl (C=O) groups excluding carboxylic acids is 1. The lowest BCUT2D eigenvalue weighted by molar-refractivity contribution is -0.114. The van der Waals surface area contributed by atoms with Crippen LogP contribution in [0.2, 0.25) is 0 Å². The summed E-state index contributed by atoms with van der Waals surface area (Å²) in [6.07, 6.45) is 10.7. The van der Waals surface area contributed by atoms with Crippen molar-refractivity contribution < 1.29 is 4.79 Å². The molecule has 2 aliphatic rings. The van der Waals surface area contributed by atoms with Crippen molar-refractivity contribution in [1.82, 2.24) is 0 Å². The Morgan fingerprint density at radius 2 is 1.79 bits per heavy atom. The van der Waals surface area contributed by atoms with Crippen LogP contribution >= 0.6 is 0 Å². The fraction of sp³-hybridized carbons (Fsp3) is 0.615. The van der Waals surface area contributed by atoms with Crippen molar-refractivity contribution >= 4 is 5.78 Å². The standard InChI is InChI=1S/C13H18O/c1-10-2-4-11(5-3-10)12-6-8-13(14)9-7-12/h6,8,10H,2-5,7,9H2,1H3. The summed E-state index contributed by atoms with van der Waals surface area (Å²) in [5.41, 5.74) is 3.07. The van der Waals surface area contributed by atoms with Crippen molar-refractivity contribution in [2.75, 3.05) is 0 Å². The van der Waals surface area contributed by atoms with Crippen LogP contribution in [0.5, 0.6) is 0 Å². The van der Waals surface area contributed by atoms with Gasteiger partial charge in [0.25, 0.3) is 0 Å². The lowest BCUT2D eigenvalue weighted by Crippen LogP contribution is -2.08. The molecule has 0 heterocycles. The molecule has 2 rings (SSSR count). The minimum atomic E-state index is 0.290. The highest BCUT2D eigenvalue weighted by molar-refractivity contribution is 5.91. The predicted octanol–water partition coefficient (Wildman–Crippen LogP) is 3.41. The van der Waals surface area contributed by atoms with E-state index in [1.54, 1.807) is 11.6 Å². The Kier molecular flexibility index (Phi) is 2.85. The van der Waals surface area contributed by atoms with E-state index in [0.717, 1.165) is 18.8 Å². The molecule has 0 atom stereocenters. The second-order valence-electron chi connectivity index (χ2n) is 4.61. The van der Waals surface area contributed by atoms with Crippen LogP contribution in [0.3, 0.4) is 0 Å². The maximum absolute atomic E-state index is 11.0. The van der Waals surface area contributed by atoms with E-state index in [1.165, 1.54) is 31.3 Å². The van der Waals surface area contributed by atoms with Gasteiger partial charge in [-0.15, -0.1) is 0 Å². The van der Waals surface area contributed by atoms with Crippen molar-refractivity contribution in [2.45, 2.75) is 45.4 Å². The first-order valence-electron chi connectivity index (χ1n) is 5.67. The van der Waals surface area contributed by atoms with Crippen LogP contribution in [0.1, 0.15) is 45.4 Å². The molecule has 0 aliphatic heterocycles. The van der Waals surface area contributed by atoms with Gasteiger partial charge in [-0.1, -0.05) is 18.6 Å². The van der Waals surface area contributed by atoms with Crippen molar-refractivity contribution in [2.24, 2.45) is 5.92 Å². The zero-order valence-electron chi connectivity index (χ0n) is 8.88. The van der Waals surface area contributed by atoms with Crippen LogP contribution in [0.15, 0.2) is 23.3 Å². The molecule has 1 saturated carbocycles. The molecular weight excluding hydrogens is 172 g/mol. The number of carbonyl (C=O) groups is 1. The van der Waals surface area contributed by atoms with Crippen LogP contribution in [-0.4, -0.2) is 5.78 Å². The molecule has 0 bridgehead atoms. The number of ketones is 1. The average Bonchev–Trinajstić information content (AvgIpc) is 2.21. The van der Waals surface area contributed by atoms with Gasteiger partial charge < -0.3 is 0 Å². The molecule has 1 heteroatoms. The topological polar surface area (TPSA) is 17.1 Å². The summed E-state index contributed by atoms with van der Waals surface area (Å²) >= 11 is 0. The first-order chi connectivity index (χ1) is 6.75. The summed E-state index contributed by atoms with van der Waals surface area (Å²) in [5.74, 6) is 1.19. The Morgan fingerprint density at radius 3 is 2.36 bits per heavy atom. The van der Waals surface area contributed by atoms with Crippen LogP contribution in [0, 0.1) is 5.92 Å². The van der Waals surface area contributed by atoms with Crippen molar-refractivity contribution in [3.63, 3.8) is 0 Å². The molecule has 0 N–H and O–H groups in total. The second kappa shape index (κ2) is 4.12. The number of allylic oxidation sites excluding steroid dienone is 4. The molecule has 1 fully saturated rings. The molecule has 76 valence electrons. The van der Waals surface area contributed by atoms with E-state index < -0.39 is 0 Å². The zero-order chi connectivity index (χ0) is 9.97. The van der Waals surface area contributed by atoms with Crippen molar-refractivity contribution in [1.29, 1.82) is 0 Å². The van der Waals surface area contributed by atoms with E-state index in [1.807, 2.05) is 0 Å². The minimum absolute atomic E-state index is 0.290. The summed E-state index contributed by atoms with van der Waals surface area (Å²) in [4.78, 5) is 11.0. The lowest BCUT2D eigenvalue weighted by atomic mass is 9.82. The Balaban J connectivity index is 2.09. The van der Waals surface area contributed by atoms with E-state index in [2.05, 4.69) is 13.0 Å². The molecule has 1 nitrogen and oxygen atoms in total. The van der Waals surface area contributed by atoms with Crippen LogP contribution < -0.4 is 0 Å². The summed E-state index contributed by atoms with van der Waals surface area (Å²) in [5, 5.41) is 0. The summed E-state index contributed by atoms with van der Waals surface area (Å²) in [7, 11) is 0. The average molecular weight is 190 g/mol. The molecule has 14 heavy (non-hydrogen) atoms. The molecule has 0 aromatic heterocycles. The largest absolute Gasteiger partial charge is 0.295 e. The smallest absolute Gasteiger partial charge is 0.156 e. The Bertz CT molecular complexity index is 286. The fourth-order valence-electron chi connectivity index (χ4n) is 2.34. The van der Waals surface area contributed by atoms with E-state index >= 15 is 0 Å². The molecular formula is C13H18O. The monoisotopic (exact) mass is 190 g/mol. The lowest BCUT2D eigenvalue weighted by Gasteiger charge is -2.23. The van der Waals surface area contributed by atoms with Gasteiger partial charge in [0.1, 0.15) is 0 Å². The second-order valence-corrected chi connectivity index (χ2v) is 4.61. The van der Waals surface area contributed by atoms with Gasteiger partial charge in [-0.2, -0.15) is 0 Å². The third-order valence-corrected chi connectivity index (χ3v) is 3.44. The van der Waals surface area contributed by atoms with Gasteiger partial charge in [0.2, 0.25) is 0 Å². The van der Waals surface area contributed by atoms with E-state index in [4.69, 9.17) is 0 Å². The third-order valence-electron chi connectivity index (χ3n) is 3.44. The van der Waals surface area contributed by atoms with Crippen molar-refractivity contribution in [3.05, 3.63) is 23.3 Å². The van der Waals surface area contributed by atoms with Gasteiger partial charge in [0, 0.05) is 6.42 Å². The Hall–Kier alpha value is -0.850. The summed E-state index contributed by atoms with van der Waals surface area (Å²) < 4.78 is 0. The highest BCUT2D eigenvalue weighted by Crippen LogP contribution is 2.32. The van der Waals surface area contributed by atoms with E-state index in [-0.39, 0.29) is 0 Å². The molecule has 0 unspecified atom stereocenters. The van der Waals surface area contributed by atoms with Gasteiger partial charge in [-0.3, -0.25) is 4.79 Å². The first-order valence-corrected chi connectivity index (χ1v) is 5.67. The molecule has 0 spiro atoms. The normalized spacial score (nSPS) is 28.4. The molecule has 0 saturated heterocycles. The third kappa shape index (κ3) is 2.14. The maximum Gasteiger partial charge on any atom is 0.156 e. The maximum atomic E-state index is 11.0. The number of hydrogen-bond acceptors (Lipinski definition) is 1. The highest BCUT2D eigenvalue weighted by Gasteiger charge is 2.16. The van der Waals surface area contributed by atoms with Gasteiger partial charge in [-0.05, 0) is 49.7 Å². The van der Waals surface area contributed by atoms with Crippen LogP contribution in [-0.2, 0) is 4.79 Å². The van der Waals surface area contributed by atoms with Crippen LogP contribution in [0.25, 0.3) is 0 Å².